The summed E-state index contributed by atoms with van der Waals surface area (Å²) in [4.78, 5) is 4.03. The first-order valence-corrected chi connectivity index (χ1v) is 5.50. The van der Waals surface area contributed by atoms with E-state index in [4.69, 9.17) is 17.5 Å². The van der Waals surface area contributed by atoms with Crippen LogP contribution in [0.5, 0.6) is 5.75 Å². The zero-order valence-electron chi connectivity index (χ0n) is 7.98. The van der Waals surface area contributed by atoms with Gasteiger partial charge in [0.1, 0.15) is 11.3 Å². The van der Waals surface area contributed by atoms with Crippen molar-refractivity contribution >= 4 is 72.7 Å². The third-order valence-electron chi connectivity index (χ3n) is 1.61. The number of hydrogen-bond acceptors (Lipinski definition) is 4. The molecule has 0 spiro atoms. The Balaban J connectivity index is 0.000000373. The molecule has 6 nitrogen and oxygen atoms in total. The molecule has 88 valence electrons. The first kappa shape index (κ1) is 16.9. The van der Waals surface area contributed by atoms with E-state index in [0.717, 1.165) is 5.39 Å². The zero-order chi connectivity index (χ0) is 12.2. The Labute approximate surface area is 141 Å². The summed E-state index contributed by atoms with van der Waals surface area (Å²) in [6, 6.07) is 9.13. The van der Waals surface area contributed by atoms with Gasteiger partial charge in [0.15, 0.2) is 0 Å². The first-order chi connectivity index (χ1) is 7.38. The van der Waals surface area contributed by atoms with Crippen molar-refractivity contribution in [3.63, 3.8) is 0 Å². The van der Waals surface area contributed by atoms with Crippen LogP contribution in [0.15, 0.2) is 36.5 Å². The number of rotatable bonds is 0. The van der Waals surface area contributed by atoms with Gasteiger partial charge in [-0.3, -0.25) is 14.1 Å². The second-order valence-electron chi connectivity index (χ2n) is 2.80. The summed E-state index contributed by atoms with van der Waals surface area (Å²) in [6.45, 7) is 0. The van der Waals surface area contributed by atoms with Gasteiger partial charge in [-0.15, -0.1) is 0 Å². The number of hydrogen-bond donors (Lipinski definition) is 3. The van der Waals surface area contributed by atoms with Crippen LogP contribution in [0, 0.1) is 0 Å². The average molecular weight is 283 g/mol. The average Bonchev–Trinajstić information content (AvgIpc) is 2.16. The van der Waals surface area contributed by atoms with Crippen molar-refractivity contribution in [2.75, 3.05) is 0 Å². The molecule has 0 unspecified atom stereocenters. The van der Waals surface area contributed by atoms with Crippen LogP contribution in [0.4, 0.5) is 0 Å². The fourth-order valence-corrected chi connectivity index (χ4v) is 1.09. The predicted molar refractivity (Wildman–Crippen MR) is 64.7 cm³/mol. The number of phenolic OH excluding ortho intramolecular Hbond substituents is 1. The minimum atomic E-state index is -4.67. The van der Waals surface area contributed by atoms with Crippen molar-refractivity contribution in [1.29, 1.82) is 0 Å². The van der Waals surface area contributed by atoms with Crippen LogP contribution >= 0.6 is 0 Å². The number of aromatic hydroxyl groups is 1. The Morgan fingerprint density at radius 2 is 1.59 bits per heavy atom. The molecule has 1 aromatic carbocycles. The number of nitrogens with zero attached hydrogens (tertiary/aromatic N) is 1. The number of phenols is 1. The third kappa shape index (κ3) is 7.06. The summed E-state index contributed by atoms with van der Waals surface area (Å²) in [7, 11) is -4.67. The van der Waals surface area contributed by atoms with Crippen molar-refractivity contribution in [3.05, 3.63) is 36.5 Å². The molecule has 0 aliphatic rings. The quantitative estimate of drug-likeness (QED) is 0.484. The van der Waals surface area contributed by atoms with Crippen LogP contribution in [0.1, 0.15) is 0 Å². The Hall–Kier alpha value is -0.0636. The van der Waals surface area contributed by atoms with Crippen molar-refractivity contribution < 1.29 is 22.6 Å². The van der Waals surface area contributed by atoms with Crippen LogP contribution < -0.4 is 0 Å². The summed E-state index contributed by atoms with van der Waals surface area (Å²) >= 11 is 0. The van der Waals surface area contributed by atoms with Crippen LogP contribution in [-0.2, 0) is 10.4 Å². The fourth-order valence-electron chi connectivity index (χ4n) is 1.09. The maximum absolute atomic E-state index is 9.31. The Bertz CT molecular complexity index is 573. The number of benzene rings is 1. The van der Waals surface area contributed by atoms with E-state index < -0.39 is 10.4 Å². The molecule has 3 N–H and O–H groups in total. The normalized spacial score (nSPS) is 10.0. The van der Waals surface area contributed by atoms with E-state index >= 15 is 0 Å². The molecule has 2 rings (SSSR count). The zero-order valence-corrected chi connectivity index (χ0v) is 8.79. The predicted octanol–water partition coefficient (Wildman–Crippen LogP) is 0.639. The molecule has 8 heteroatoms. The van der Waals surface area contributed by atoms with Crippen LogP contribution in [0.25, 0.3) is 10.9 Å². The van der Waals surface area contributed by atoms with Gasteiger partial charge in [0.2, 0.25) is 0 Å². The molecular formula is C9H10KNO5S. The van der Waals surface area contributed by atoms with E-state index in [2.05, 4.69) is 4.98 Å². The molecule has 2 aromatic rings. The number of fused-ring (bicyclic) bond motifs is 1. The van der Waals surface area contributed by atoms with Gasteiger partial charge in [-0.05, 0) is 12.1 Å². The van der Waals surface area contributed by atoms with Crippen molar-refractivity contribution in [1.82, 2.24) is 4.98 Å². The summed E-state index contributed by atoms with van der Waals surface area (Å²) < 4.78 is 31.6. The van der Waals surface area contributed by atoms with Crippen molar-refractivity contribution in [3.8, 4) is 5.75 Å². The molecule has 0 amide bonds. The second kappa shape index (κ2) is 7.39. The van der Waals surface area contributed by atoms with Gasteiger partial charge in [0, 0.05) is 11.6 Å². The van der Waals surface area contributed by atoms with Crippen LogP contribution in [-0.4, -0.2) is 79.0 Å². The van der Waals surface area contributed by atoms with Gasteiger partial charge >= 0.3 is 61.8 Å². The topological polar surface area (TPSA) is 108 Å². The molecule has 0 bridgehead atoms. The van der Waals surface area contributed by atoms with E-state index in [1.165, 1.54) is 0 Å². The molecule has 0 atom stereocenters. The molecule has 1 aromatic heterocycles. The molecule has 0 aliphatic carbocycles. The van der Waals surface area contributed by atoms with Gasteiger partial charge in [0.05, 0.1) is 0 Å². The Morgan fingerprint density at radius 1 is 1.06 bits per heavy atom. The van der Waals surface area contributed by atoms with E-state index in [9.17, 15) is 5.11 Å². The van der Waals surface area contributed by atoms with Gasteiger partial charge < -0.3 is 5.11 Å². The molecule has 0 radical (unpaired) electrons. The fraction of sp³-hybridized carbons (Fsp3) is 0. The Kier molecular flexibility index (Phi) is 7.36. The molecule has 0 aliphatic heterocycles. The molecule has 0 saturated heterocycles. The van der Waals surface area contributed by atoms with E-state index in [0.29, 0.717) is 5.52 Å². The summed E-state index contributed by atoms with van der Waals surface area (Å²) in [5, 5.41) is 10.3. The number of para-hydroxylation sites is 1. The summed E-state index contributed by atoms with van der Waals surface area (Å²) in [6.07, 6.45) is 1.67. The summed E-state index contributed by atoms with van der Waals surface area (Å²) in [5.74, 6) is 0.239. The molecule has 0 fully saturated rings. The molecule has 1 heterocycles. The van der Waals surface area contributed by atoms with Gasteiger partial charge in [-0.25, -0.2) is 0 Å². The number of aromatic nitrogens is 1. The van der Waals surface area contributed by atoms with Crippen molar-refractivity contribution in [2.24, 2.45) is 0 Å². The standard InChI is InChI=1S/C9H7NO.K.H2O4S.H/c11-8-5-1-3-7-4-2-6-10-9(7)8;;1-5(2,3)4;/h1-6,11H;;(H2,1,2,3,4);. The first-order valence-electron chi connectivity index (χ1n) is 4.10. The number of pyridine rings is 1. The second-order valence-corrected chi connectivity index (χ2v) is 3.70. The molecule has 0 saturated carbocycles. The van der Waals surface area contributed by atoms with E-state index in [-0.39, 0.29) is 57.1 Å². The van der Waals surface area contributed by atoms with Gasteiger partial charge in [-0.2, -0.15) is 8.42 Å². The molecule has 17 heavy (non-hydrogen) atoms. The minimum absolute atomic E-state index is 0. The van der Waals surface area contributed by atoms with Crippen LogP contribution in [0.2, 0.25) is 0 Å². The van der Waals surface area contributed by atoms with Gasteiger partial charge in [0.25, 0.3) is 0 Å². The summed E-state index contributed by atoms with van der Waals surface area (Å²) in [5.41, 5.74) is 0.662. The Morgan fingerprint density at radius 3 is 2.12 bits per heavy atom. The SMILES string of the molecule is O=S(=O)(O)O.Oc1cccc2cccnc12.[KH]. The molecular weight excluding hydrogens is 273 g/mol. The van der Waals surface area contributed by atoms with E-state index in [1.807, 2.05) is 18.2 Å². The third-order valence-corrected chi connectivity index (χ3v) is 1.61. The monoisotopic (exact) mass is 283 g/mol. The van der Waals surface area contributed by atoms with E-state index in [1.54, 1.807) is 18.3 Å². The van der Waals surface area contributed by atoms with Crippen molar-refractivity contribution in [2.45, 2.75) is 0 Å². The van der Waals surface area contributed by atoms with Crippen LogP contribution in [0.3, 0.4) is 0 Å². The maximum atomic E-state index is 9.31. The van der Waals surface area contributed by atoms with Gasteiger partial charge in [-0.1, -0.05) is 18.2 Å².